The maximum atomic E-state index is 12.7. The van der Waals surface area contributed by atoms with Gasteiger partial charge in [-0.15, -0.1) is 21.5 Å². The van der Waals surface area contributed by atoms with Gasteiger partial charge >= 0.3 is 0 Å². The van der Waals surface area contributed by atoms with Crippen molar-refractivity contribution in [2.45, 2.75) is 32.4 Å². The fraction of sp³-hybridized carbons (Fsp3) is 0.412. The van der Waals surface area contributed by atoms with Crippen molar-refractivity contribution in [2.24, 2.45) is 0 Å². The Morgan fingerprint density at radius 3 is 3.16 bits per heavy atom. The summed E-state index contributed by atoms with van der Waals surface area (Å²) in [6.45, 7) is 6.60. The summed E-state index contributed by atoms with van der Waals surface area (Å²) in [5.41, 5.74) is 4.04. The number of aromatic amines is 1. The topological polar surface area (TPSA) is 86.8 Å². The molecule has 0 bridgehead atoms. The molecule has 0 saturated carbocycles. The number of likely N-dealkylation sites (tertiary alicyclic amines) is 1. The van der Waals surface area contributed by atoms with Gasteiger partial charge in [-0.3, -0.25) is 14.8 Å². The van der Waals surface area contributed by atoms with E-state index in [0.29, 0.717) is 5.56 Å². The summed E-state index contributed by atoms with van der Waals surface area (Å²) in [5, 5.41) is 20.4. The Kier molecular flexibility index (Phi) is 4.01. The molecule has 1 amide bonds. The minimum Gasteiger partial charge on any atom is -0.346 e. The van der Waals surface area contributed by atoms with Crippen LogP contribution in [0.3, 0.4) is 0 Å². The number of aromatic nitrogens is 4. The Labute approximate surface area is 149 Å². The van der Waals surface area contributed by atoms with Crippen LogP contribution < -0.4 is 5.32 Å². The van der Waals surface area contributed by atoms with Crippen LogP contribution in [0, 0.1) is 6.92 Å². The third-order valence-electron chi connectivity index (χ3n) is 4.74. The number of carbonyl (C=O) groups is 1. The number of benzene rings is 1. The molecule has 1 aromatic carbocycles. The molecule has 2 aromatic heterocycles. The van der Waals surface area contributed by atoms with Crippen LogP contribution in [0.2, 0.25) is 0 Å². The van der Waals surface area contributed by atoms with Gasteiger partial charge in [-0.1, -0.05) is 0 Å². The fourth-order valence-corrected chi connectivity index (χ4v) is 3.94. The zero-order valence-electron chi connectivity index (χ0n) is 14.2. The first kappa shape index (κ1) is 16.2. The Morgan fingerprint density at radius 1 is 1.48 bits per heavy atom. The molecule has 25 heavy (non-hydrogen) atoms. The van der Waals surface area contributed by atoms with Gasteiger partial charge < -0.3 is 5.32 Å². The largest absolute Gasteiger partial charge is 0.346 e. The van der Waals surface area contributed by atoms with E-state index in [1.807, 2.05) is 25.1 Å². The Balaban J connectivity index is 1.45. The predicted octanol–water partition coefficient (Wildman–Crippen LogP) is 2.12. The summed E-state index contributed by atoms with van der Waals surface area (Å²) in [5.74, 6) is -0.0391. The van der Waals surface area contributed by atoms with Crippen LogP contribution >= 0.6 is 11.3 Å². The van der Waals surface area contributed by atoms with E-state index in [-0.39, 0.29) is 11.4 Å². The van der Waals surface area contributed by atoms with Gasteiger partial charge in [0.25, 0.3) is 5.91 Å². The first-order chi connectivity index (χ1) is 12.0. The standard InChI is InChI=1S/C17H20N6OS/c1-11-13-7-12(3-4-14(13)21-20-11)16(24)19-17(2)5-6-23(9-17)8-15-22-18-10-25-15/h3-4,7,10H,5-6,8-9H2,1-2H3,(H,19,24)(H,20,21). The van der Waals surface area contributed by atoms with Gasteiger partial charge in [0.15, 0.2) is 0 Å². The summed E-state index contributed by atoms with van der Waals surface area (Å²) in [7, 11) is 0. The molecule has 0 spiro atoms. The molecule has 1 fully saturated rings. The molecule has 1 aliphatic heterocycles. The number of fused-ring (bicyclic) bond motifs is 1. The minimum atomic E-state index is -0.234. The molecule has 1 saturated heterocycles. The Hall–Kier alpha value is -2.32. The van der Waals surface area contributed by atoms with Crippen molar-refractivity contribution in [3.05, 3.63) is 40.0 Å². The maximum absolute atomic E-state index is 12.7. The van der Waals surface area contributed by atoms with Gasteiger partial charge in [-0.2, -0.15) is 5.10 Å². The lowest BCUT2D eigenvalue weighted by atomic mass is 10.0. The smallest absolute Gasteiger partial charge is 0.251 e. The molecule has 3 aromatic rings. The Morgan fingerprint density at radius 2 is 2.36 bits per heavy atom. The normalized spacial score (nSPS) is 21.0. The van der Waals surface area contributed by atoms with Crippen molar-refractivity contribution in [3.8, 4) is 0 Å². The third-order valence-corrected chi connectivity index (χ3v) is 5.42. The predicted molar refractivity (Wildman–Crippen MR) is 96.5 cm³/mol. The molecular formula is C17H20N6OS. The second-order valence-corrected chi connectivity index (χ2v) is 7.81. The zero-order chi connectivity index (χ0) is 17.4. The summed E-state index contributed by atoms with van der Waals surface area (Å²) in [4.78, 5) is 15.0. The molecule has 2 N–H and O–H groups in total. The summed E-state index contributed by atoms with van der Waals surface area (Å²) in [6.07, 6.45) is 0.921. The van der Waals surface area contributed by atoms with Crippen molar-refractivity contribution in [1.29, 1.82) is 0 Å². The van der Waals surface area contributed by atoms with Crippen LogP contribution in [-0.4, -0.2) is 49.8 Å². The van der Waals surface area contributed by atoms with Crippen molar-refractivity contribution in [2.75, 3.05) is 13.1 Å². The van der Waals surface area contributed by atoms with Crippen LogP contribution in [-0.2, 0) is 6.54 Å². The van der Waals surface area contributed by atoms with Gasteiger partial charge in [0.1, 0.15) is 10.5 Å². The molecule has 1 unspecified atom stereocenters. The zero-order valence-corrected chi connectivity index (χ0v) is 15.1. The molecule has 0 aliphatic carbocycles. The number of aryl methyl sites for hydroxylation is 1. The Bertz CT molecular complexity index is 905. The van der Waals surface area contributed by atoms with Crippen LogP contribution in [0.25, 0.3) is 10.9 Å². The van der Waals surface area contributed by atoms with Gasteiger partial charge in [0.2, 0.25) is 0 Å². The lowest BCUT2D eigenvalue weighted by Gasteiger charge is -2.26. The lowest BCUT2D eigenvalue weighted by Crippen LogP contribution is -2.47. The highest BCUT2D eigenvalue weighted by molar-refractivity contribution is 7.09. The molecule has 3 heterocycles. The van der Waals surface area contributed by atoms with Crippen molar-refractivity contribution in [1.82, 2.24) is 30.6 Å². The number of hydrogen-bond acceptors (Lipinski definition) is 6. The lowest BCUT2D eigenvalue weighted by molar-refractivity contribution is 0.0907. The van der Waals surface area contributed by atoms with E-state index in [4.69, 9.17) is 0 Å². The highest BCUT2D eigenvalue weighted by Gasteiger charge is 2.35. The number of H-pyrrole nitrogens is 1. The first-order valence-electron chi connectivity index (χ1n) is 8.27. The quantitative estimate of drug-likeness (QED) is 0.748. The van der Waals surface area contributed by atoms with Crippen molar-refractivity contribution in [3.63, 3.8) is 0 Å². The second-order valence-electron chi connectivity index (χ2n) is 6.89. The van der Waals surface area contributed by atoms with E-state index in [2.05, 4.69) is 37.5 Å². The van der Waals surface area contributed by atoms with E-state index in [0.717, 1.165) is 47.7 Å². The highest BCUT2D eigenvalue weighted by atomic mass is 32.1. The van der Waals surface area contributed by atoms with Crippen LogP contribution in [0.5, 0.6) is 0 Å². The molecular weight excluding hydrogens is 336 g/mol. The molecule has 0 radical (unpaired) electrons. The van der Waals surface area contributed by atoms with Crippen LogP contribution in [0.4, 0.5) is 0 Å². The number of carbonyl (C=O) groups excluding carboxylic acids is 1. The minimum absolute atomic E-state index is 0.0391. The van der Waals surface area contributed by atoms with E-state index in [1.165, 1.54) is 0 Å². The van der Waals surface area contributed by atoms with Crippen LogP contribution in [0.15, 0.2) is 23.7 Å². The van der Waals surface area contributed by atoms with E-state index < -0.39 is 0 Å². The van der Waals surface area contributed by atoms with Crippen molar-refractivity contribution >= 4 is 28.1 Å². The first-order valence-corrected chi connectivity index (χ1v) is 9.15. The molecule has 4 rings (SSSR count). The van der Waals surface area contributed by atoms with Gasteiger partial charge in [-0.25, -0.2) is 0 Å². The number of amides is 1. The van der Waals surface area contributed by atoms with E-state index in [9.17, 15) is 4.79 Å². The second kappa shape index (κ2) is 6.20. The summed E-state index contributed by atoms with van der Waals surface area (Å²) >= 11 is 1.56. The molecule has 1 atom stereocenters. The number of nitrogens with zero attached hydrogens (tertiary/aromatic N) is 4. The SMILES string of the molecule is Cc1[nH]nc2ccc(C(=O)NC3(C)CCN(Cc4nncs4)C3)cc12. The molecule has 7 nitrogen and oxygen atoms in total. The number of nitrogens with one attached hydrogen (secondary N) is 2. The van der Waals surface area contributed by atoms with E-state index >= 15 is 0 Å². The van der Waals surface area contributed by atoms with E-state index in [1.54, 1.807) is 16.8 Å². The molecule has 1 aliphatic rings. The highest BCUT2D eigenvalue weighted by Crippen LogP contribution is 2.24. The molecule has 130 valence electrons. The summed E-state index contributed by atoms with van der Waals surface area (Å²) < 4.78 is 0. The maximum Gasteiger partial charge on any atom is 0.251 e. The number of hydrogen-bond donors (Lipinski definition) is 2. The number of rotatable bonds is 4. The van der Waals surface area contributed by atoms with Crippen molar-refractivity contribution < 1.29 is 4.79 Å². The summed E-state index contributed by atoms with van der Waals surface area (Å²) in [6, 6.07) is 5.61. The molecule has 8 heteroatoms. The average Bonchev–Trinajstić information content (AvgIpc) is 3.30. The fourth-order valence-electron chi connectivity index (χ4n) is 3.38. The van der Waals surface area contributed by atoms with Gasteiger partial charge in [0.05, 0.1) is 17.6 Å². The third kappa shape index (κ3) is 3.27. The van der Waals surface area contributed by atoms with Gasteiger partial charge in [0, 0.05) is 29.7 Å². The monoisotopic (exact) mass is 356 g/mol. The average molecular weight is 356 g/mol. The van der Waals surface area contributed by atoms with Gasteiger partial charge in [-0.05, 0) is 38.5 Å². The van der Waals surface area contributed by atoms with Crippen LogP contribution in [0.1, 0.15) is 34.4 Å².